The molecule has 0 aliphatic rings. The molecule has 3 heterocycles. The van der Waals surface area contributed by atoms with Crippen LogP contribution >= 0.6 is 0 Å². The fourth-order valence-corrected chi connectivity index (χ4v) is 3.07. The lowest BCUT2D eigenvalue weighted by atomic mass is 10.0. The van der Waals surface area contributed by atoms with Gasteiger partial charge in [0.05, 0.1) is 5.69 Å². The molecule has 0 aliphatic heterocycles. The van der Waals surface area contributed by atoms with Gasteiger partial charge in [-0.25, -0.2) is 14.5 Å². The summed E-state index contributed by atoms with van der Waals surface area (Å²) in [4.78, 5) is 9.27. The van der Waals surface area contributed by atoms with Crippen LogP contribution in [0.2, 0.25) is 0 Å². The number of fused-ring (bicyclic) bond motifs is 1. The Bertz CT molecular complexity index is 1050. The van der Waals surface area contributed by atoms with Gasteiger partial charge in [-0.1, -0.05) is 30.7 Å². The number of hydrogen-bond donors (Lipinski definition) is 1. The predicted molar refractivity (Wildman–Crippen MR) is 105 cm³/mol. The van der Waals surface area contributed by atoms with Crippen molar-refractivity contribution in [2.75, 3.05) is 11.9 Å². The van der Waals surface area contributed by atoms with Crippen LogP contribution in [0.3, 0.4) is 0 Å². The van der Waals surface area contributed by atoms with Crippen LogP contribution in [0.5, 0.6) is 0 Å². The number of aryl methyl sites for hydroxylation is 1. The first kappa shape index (κ1) is 16.3. The second-order valence-electron chi connectivity index (χ2n) is 6.33. The minimum atomic E-state index is 0.832. The van der Waals surface area contributed by atoms with Crippen LogP contribution < -0.4 is 5.32 Å². The fraction of sp³-hybridized carbons (Fsp3) is 0.190. The first-order valence-corrected chi connectivity index (χ1v) is 8.87. The van der Waals surface area contributed by atoms with Crippen molar-refractivity contribution in [1.29, 1.82) is 0 Å². The molecule has 0 amide bonds. The topological polar surface area (TPSA) is 55.1 Å². The number of imidazole rings is 1. The third kappa shape index (κ3) is 3.04. The summed E-state index contributed by atoms with van der Waals surface area (Å²) in [5, 5.41) is 7.88. The second-order valence-corrected chi connectivity index (χ2v) is 6.33. The zero-order valence-corrected chi connectivity index (χ0v) is 15.0. The second kappa shape index (κ2) is 6.96. The predicted octanol–water partition coefficient (Wildman–Crippen LogP) is 4.59. The van der Waals surface area contributed by atoms with E-state index in [1.807, 2.05) is 28.9 Å². The summed E-state index contributed by atoms with van der Waals surface area (Å²) in [7, 11) is 0. The third-order valence-electron chi connectivity index (χ3n) is 4.27. The molecule has 5 nitrogen and oxygen atoms in total. The smallest absolute Gasteiger partial charge is 0.154 e. The summed E-state index contributed by atoms with van der Waals surface area (Å²) in [6, 6.07) is 16.4. The van der Waals surface area contributed by atoms with Crippen molar-refractivity contribution < 1.29 is 0 Å². The van der Waals surface area contributed by atoms with Crippen molar-refractivity contribution in [2.24, 2.45) is 0 Å². The lowest BCUT2D eigenvalue weighted by Crippen LogP contribution is -2.02. The van der Waals surface area contributed by atoms with E-state index in [-0.39, 0.29) is 0 Å². The fourth-order valence-electron chi connectivity index (χ4n) is 3.07. The van der Waals surface area contributed by atoms with Gasteiger partial charge in [0.1, 0.15) is 11.5 Å². The van der Waals surface area contributed by atoms with Crippen LogP contribution in [0.4, 0.5) is 5.82 Å². The first-order chi connectivity index (χ1) is 12.8. The van der Waals surface area contributed by atoms with Gasteiger partial charge in [0, 0.05) is 30.1 Å². The summed E-state index contributed by atoms with van der Waals surface area (Å²) < 4.78 is 1.90. The number of rotatable bonds is 5. The molecule has 4 rings (SSSR count). The van der Waals surface area contributed by atoms with E-state index in [1.54, 1.807) is 6.20 Å². The van der Waals surface area contributed by atoms with E-state index in [2.05, 4.69) is 59.6 Å². The Kier molecular flexibility index (Phi) is 4.35. The number of benzene rings is 1. The Balaban J connectivity index is 1.92. The average Bonchev–Trinajstić information content (AvgIpc) is 3.06. The van der Waals surface area contributed by atoms with E-state index >= 15 is 0 Å². The summed E-state index contributed by atoms with van der Waals surface area (Å²) >= 11 is 0. The summed E-state index contributed by atoms with van der Waals surface area (Å²) in [5.74, 6) is 0.866. The maximum absolute atomic E-state index is 4.85. The highest BCUT2D eigenvalue weighted by atomic mass is 15.3. The molecule has 0 unspecified atom stereocenters. The van der Waals surface area contributed by atoms with Crippen molar-refractivity contribution >= 4 is 11.5 Å². The van der Waals surface area contributed by atoms with Gasteiger partial charge >= 0.3 is 0 Å². The summed E-state index contributed by atoms with van der Waals surface area (Å²) in [5.41, 5.74) is 6.08. The van der Waals surface area contributed by atoms with E-state index in [1.165, 1.54) is 5.56 Å². The molecule has 5 heteroatoms. The van der Waals surface area contributed by atoms with Gasteiger partial charge in [-0.15, -0.1) is 0 Å². The molecular formula is C21H21N5. The van der Waals surface area contributed by atoms with Crippen molar-refractivity contribution in [3.63, 3.8) is 0 Å². The zero-order valence-electron chi connectivity index (χ0n) is 15.0. The van der Waals surface area contributed by atoms with E-state index < -0.39 is 0 Å². The average molecular weight is 343 g/mol. The maximum atomic E-state index is 4.85. The Morgan fingerprint density at radius 3 is 2.77 bits per heavy atom. The molecule has 26 heavy (non-hydrogen) atoms. The normalized spacial score (nSPS) is 11.0. The zero-order chi connectivity index (χ0) is 17.9. The number of anilines is 1. The molecule has 0 aliphatic carbocycles. The van der Waals surface area contributed by atoms with Crippen molar-refractivity contribution in [3.8, 4) is 22.5 Å². The molecule has 0 fully saturated rings. The van der Waals surface area contributed by atoms with E-state index in [0.717, 1.165) is 46.9 Å². The van der Waals surface area contributed by atoms with Gasteiger partial charge in [-0.05, 0) is 43.7 Å². The Morgan fingerprint density at radius 1 is 1.00 bits per heavy atom. The summed E-state index contributed by atoms with van der Waals surface area (Å²) in [6.45, 7) is 5.13. The number of aromatic nitrogens is 4. The summed E-state index contributed by atoms with van der Waals surface area (Å²) in [6.07, 6.45) is 4.67. The Labute approximate surface area is 152 Å². The number of nitrogens with zero attached hydrogens (tertiary/aromatic N) is 4. The molecule has 0 saturated heterocycles. The molecule has 1 N–H and O–H groups in total. The highest BCUT2D eigenvalue weighted by Crippen LogP contribution is 2.33. The van der Waals surface area contributed by atoms with E-state index in [0.29, 0.717) is 0 Å². The van der Waals surface area contributed by atoms with Crippen LogP contribution in [-0.2, 0) is 0 Å². The highest BCUT2D eigenvalue weighted by molar-refractivity contribution is 5.82. The van der Waals surface area contributed by atoms with Crippen LogP contribution in [0.1, 0.15) is 18.9 Å². The van der Waals surface area contributed by atoms with Crippen molar-refractivity contribution in [1.82, 2.24) is 19.6 Å². The van der Waals surface area contributed by atoms with Crippen LogP contribution in [0.25, 0.3) is 28.2 Å². The monoisotopic (exact) mass is 343 g/mol. The van der Waals surface area contributed by atoms with Gasteiger partial charge in [-0.2, -0.15) is 5.10 Å². The maximum Gasteiger partial charge on any atom is 0.154 e. The van der Waals surface area contributed by atoms with Crippen molar-refractivity contribution in [2.45, 2.75) is 20.3 Å². The van der Waals surface area contributed by atoms with Gasteiger partial charge in [0.2, 0.25) is 0 Å². The molecular weight excluding hydrogens is 322 g/mol. The largest absolute Gasteiger partial charge is 0.370 e. The third-order valence-corrected chi connectivity index (χ3v) is 4.27. The van der Waals surface area contributed by atoms with Gasteiger partial charge in [0.25, 0.3) is 0 Å². The van der Waals surface area contributed by atoms with Crippen LogP contribution in [0.15, 0.2) is 60.9 Å². The molecule has 130 valence electrons. The van der Waals surface area contributed by atoms with Gasteiger partial charge in [0.15, 0.2) is 5.65 Å². The van der Waals surface area contributed by atoms with Gasteiger partial charge in [-0.3, -0.25) is 0 Å². The molecule has 0 atom stereocenters. The van der Waals surface area contributed by atoms with E-state index in [4.69, 9.17) is 4.98 Å². The molecule has 3 aromatic heterocycles. The first-order valence-electron chi connectivity index (χ1n) is 8.87. The molecule has 0 radical (unpaired) electrons. The molecule has 1 aromatic carbocycles. The minimum Gasteiger partial charge on any atom is -0.370 e. The Morgan fingerprint density at radius 2 is 1.92 bits per heavy atom. The SMILES string of the molecule is CCCNc1cc(-c2c(-c3cccc(C)c3)nc3cccnn23)ccn1. The molecule has 0 spiro atoms. The molecule has 0 bridgehead atoms. The van der Waals surface area contributed by atoms with Gasteiger partial charge < -0.3 is 5.32 Å². The van der Waals surface area contributed by atoms with E-state index in [9.17, 15) is 0 Å². The quantitative estimate of drug-likeness (QED) is 0.576. The highest BCUT2D eigenvalue weighted by Gasteiger charge is 2.17. The standard InChI is InChI=1S/C21H21N5/c1-3-10-22-18-14-17(9-12-23-18)21-20(16-7-4-6-15(2)13-16)25-19-8-5-11-24-26(19)21/h4-9,11-14H,3,10H2,1-2H3,(H,22,23). The number of hydrogen-bond acceptors (Lipinski definition) is 4. The lowest BCUT2D eigenvalue weighted by Gasteiger charge is -2.08. The van der Waals surface area contributed by atoms with Crippen LogP contribution in [-0.4, -0.2) is 26.1 Å². The van der Waals surface area contributed by atoms with Crippen molar-refractivity contribution in [3.05, 3.63) is 66.5 Å². The number of nitrogens with one attached hydrogen (secondary N) is 1. The molecule has 0 saturated carbocycles. The van der Waals surface area contributed by atoms with Crippen LogP contribution in [0, 0.1) is 6.92 Å². The molecule has 4 aromatic rings. The number of pyridine rings is 1. The minimum absolute atomic E-state index is 0.832. The lowest BCUT2D eigenvalue weighted by molar-refractivity contribution is 0.941. The Hall–Kier alpha value is -3.21.